The molecule has 3 aliphatic rings. The molecule has 0 aromatic heterocycles. The SMILES string of the molecule is CNC1c2ccccc2CC1N(C)c1ccc2c(c1)C(=O)N(C1CCC(=O)NC1=O)C2=O. The number of likely N-dealkylation sites (N-methyl/N-ethyl adjacent to an activating group) is 2. The zero-order valence-corrected chi connectivity index (χ0v) is 17.9. The van der Waals surface area contributed by atoms with E-state index in [1.807, 2.05) is 32.3 Å². The van der Waals surface area contributed by atoms with Crippen LogP contribution < -0.4 is 15.5 Å². The summed E-state index contributed by atoms with van der Waals surface area (Å²) < 4.78 is 0. The first-order chi connectivity index (χ1) is 15.4. The largest absolute Gasteiger partial charge is 0.369 e. The Morgan fingerprint density at radius 3 is 2.53 bits per heavy atom. The van der Waals surface area contributed by atoms with Gasteiger partial charge in [0.2, 0.25) is 11.8 Å². The van der Waals surface area contributed by atoms with Gasteiger partial charge in [0.1, 0.15) is 6.04 Å². The van der Waals surface area contributed by atoms with Gasteiger partial charge in [-0.3, -0.25) is 29.4 Å². The molecule has 3 atom stereocenters. The molecule has 0 radical (unpaired) electrons. The zero-order valence-electron chi connectivity index (χ0n) is 17.9. The van der Waals surface area contributed by atoms with E-state index < -0.39 is 23.8 Å². The van der Waals surface area contributed by atoms with E-state index in [0.717, 1.165) is 17.0 Å². The molecular weight excluding hydrogens is 408 g/mol. The fourth-order valence-electron chi connectivity index (χ4n) is 5.15. The molecule has 2 heterocycles. The molecule has 1 aliphatic carbocycles. The maximum Gasteiger partial charge on any atom is 0.262 e. The summed E-state index contributed by atoms with van der Waals surface area (Å²) in [7, 11) is 3.93. The second-order valence-electron chi connectivity index (χ2n) is 8.52. The number of carbonyl (C=O) groups excluding carboxylic acids is 4. The molecule has 5 rings (SSSR count). The van der Waals surface area contributed by atoms with Gasteiger partial charge < -0.3 is 10.2 Å². The lowest BCUT2D eigenvalue weighted by Crippen LogP contribution is -2.54. The molecule has 2 aliphatic heterocycles. The van der Waals surface area contributed by atoms with Gasteiger partial charge in [-0.05, 0) is 49.2 Å². The quantitative estimate of drug-likeness (QED) is 0.709. The minimum atomic E-state index is -0.959. The summed E-state index contributed by atoms with van der Waals surface area (Å²) in [5.41, 5.74) is 3.97. The first kappa shape index (κ1) is 20.4. The van der Waals surface area contributed by atoms with E-state index in [9.17, 15) is 19.2 Å². The standard InChI is InChI=1S/C24H24N4O4/c1-25-21-15-6-4-3-5-13(15)11-19(21)27(2)14-7-8-16-17(12-14)24(32)28(23(16)31)18-9-10-20(29)26-22(18)30/h3-8,12,18-19,21,25H,9-11H2,1-2H3,(H,26,29,30). The Hall–Kier alpha value is -3.52. The normalized spacial score (nSPS) is 24.4. The van der Waals surface area contributed by atoms with Crippen LogP contribution in [0.4, 0.5) is 5.69 Å². The number of fused-ring (bicyclic) bond motifs is 2. The molecule has 1 fully saturated rings. The number of imide groups is 2. The fraction of sp³-hybridized carbons (Fsp3) is 0.333. The lowest BCUT2D eigenvalue weighted by Gasteiger charge is -2.32. The fourth-order valence-corrected chi connectivity index (χ4v) is 5.15. The molecule has 4 amide bonds. The van der Waals surface area contributed by atoms with Crippen LogP contribution in [-0.4, -0.2) is 54.7 Å². The molecule has 2 aromatic rings. The molecule has 2 N–H and O–H groups in total. The van der Waals surface area contributed by atoms with Crippen LogP contribution in [0, 0.1) is 0 Å². The van der Waals surface area contributed by atoms with E-state index in [2.05, 4.69) is 27.7 Å². The maximum absolute atomic E-state index is 13.1. The number of rotatable bonds is 4. The van der Waals surface area contributed by atoms with Gasteiger partial charge in [0.05, 0.1) is 23.2 Å². The smallest absolute Gasteiger partial charge is 0.262 e. The number of piperidine rings is 1. The Bertz CT molecular complexity index is 1160. The van der Waals surface area contributed by atoms with Gasteiger partial charge in [-0.2, -0.15) is 0 Å². The van der Waals surface area contributed by atoms with Crippen LogP contribution in [0.15, 0.2) is 42.5 Å². The molecule has 8 heteroatoms. The number of hydrogen-bond donors (Lipinski definition) is 2. The molecule has 0 saturated carbocycles. The van der Waals surface area contributed by atoms with Crippen molar-refractivity contribution in [1.82, 2.24) is 15.5 Å². The number of carbonyl (C=O) groups is 4. The highest BCUT2D eigenvalue weighted by atomic mass is 16.2. The molecule has 1 saturated heterocycles. The van der Waals surface area contributed by atoms with E-state index in [4.69, 9.17) is 0 Å². The van der Waals surface area contributed by atoms with Gasteiger partial charge in [0.25, 0.3) is 11.8 Å². The van der Waals surface area contributed by atoms with Gasteiger partial charge in [0, 0.05) is 19.2 Å². The number of nitrogens with one attached hydrogen (secondary N) is 2. The van der Waals surface area contributed by atoms with Crippen LogP contribution in [0.25, 0.3) is 0 Å². The molecule has 32 heavy (non-hydrogen) atoms. The molecule has 0 bridgehead atoms. The van der Waals surface area contributed by atoms with E-state index >= 15 is 0 Å². The van der Waals surface area contributed by atoms with Gasteiger partial charge in [-0.25, -0.2) is 0 Å². The number of amides is 4. The summed E-state index contributed by atoms with van der Waals surface area (Å²) in [6, 6.07) is 12.9. The van der Waals surface area contributed by atoms with Crippen molar-refractivity contribution < 1.29 is 19.2 Å². The number of nitrogens with zero attached hydrogens (tertiary/aromatic N) is 2. The van der Waals surface area contributed by atoms with Crippen LogP contribution in [0.1, 0.15) is 50.7 Å². The lowest BCUT2D eigenvalue weighted by molar-refractivity contribution is -0.136. The summed E-state index contributed by atoms with van der Waals surface area (Å²) in [6.45, 7) is 0. The Morgan fingerprint density at radius 2 is 1.78 bits per heavy atom. The summed E-state index contributed by atoms with van der Waals surface area (Å²) >= 11 is 0. The number of benzene rings is 2. The Kier molecular flexibility index (Phi) is 4.82. The van der Waals surface area contributed by atoms with E-state index in [1.54, 1.807) is 12.1 Å². The molecule has 8 nitrogen and oxygen atoms in total. The Balaban J connectivity index is 1.43. The van der Waals surface area contributed by atoms with Gasteiger partial charge in [-0.1, -0.05) is 24.3 Å². The first-order valence-corrected chi connectivity index (χ1v) is 10.7. The van der Waals surface area contributed by atoms with Crippen molar-refractivity contribution in [1.29, 1.82) is 0 Å². The molecular formula is C24H24N4O4. The van der Waals surface area contributed by atoms with Crippen LogP contribution in [0.2, 0.25) is 0 Å². The van der Waals surface area contributed by atoms with Crippen molar-refractivity contribution in [2.45, 2.75) is 37.4 Å². The third-order valence-corrected chi connectivity index (χ3v) is 6.84. The van der Waals surface area contributed by atoms with E-state index in [-0.39, 0.29) is 36.4 Å². The van der Waals surface area contributed by atoms with Gasteiger partial charge in [-0.15, -0.1) is 0 Å². The highest BCUT2D eigenvalue weighted by molar-refractivity contribution is 6.23. The molecule has 3 unspecified atom stereocenters. The van der Waals surface area contributed by atoms with E-state index in [0.29, 0.717) is 5.56 Å². The summed E-state index contributed by atoms with van der Waals surface area (Å²) in [5.74, 6) is -1.97. The van der Waals surface area contributed by atoms with Crippen molar-refractivity contribution in [2.75, 3.05) is 19.0 Å². The highest BCUT2D eigenvalue weighted by Crippen LogP contribution is 2.37. The van der Waals surface area contributed by atoms with Crippen molar-refractivity contribution in [3.05, 3.63) is 64.7 Å². The summed E-state index contributed by atoms with van der Waals surface area (Å²) in [6.07, 6.45) is 1.11. The average Bonchev–Trinajstić information content (AvgIpc) is 3.28. The van der Waals surface area contributed by atoms with Gasteiger partial charge >= 0.3 is 0 Å². The third-order valence-electron chi connectivity index (χ3n) is 6.84. The predicted octanol–water partition coefficient (Wildman–Crippen LogP) is 1.41. The van der Waals surface area contributed by atoms with Crippen LogP contribution in [-0.2, 0) is 16.0 Å². The van der Waals surface area contributed by atoms with Crippen molar-refractivity contribution in [3.8, 4) is 0 Å². The number of anilines is 1. The summed E-state index contributed by atoms with van der Waals surface area (Å²) in [4.78, 5) is 52.9. The topological polar surface area (TPSA) is 98.8 Å². The van der Waals surface area contributed by atoms with Crippen LogP contribution in [0.5, 0.6) is 0 Å². The van der Waals surface area contributed by atoms with Crippen LogP contribution in [0.3, 0.4) is 0 Å². The highest BCUT2D eigenvalue weighted by Gasteiger charge is 2.45. The van der Waals surface area contributed by atoms with Crippen molar-refractivity contribution in [2.24, 2.45) is 0 Å². The van der Waals surface area contributed by atoms with E-state index in [1.165, 1.54) is 11.1 Å². The average molecular weight is 432 g/mol. The number of hydrogen-bond acceptors (Lipinski definition) is 6. The van der Waals surface area contributed by atoms with Crippen molar-refractivity contribution in [3.63, 3.8) is 0 Å². The van der Waals surface area contributed by atoms with Crippen LogP contribution >= 0.6 is 0 Å². The molecule has 164 valence electrons. The predicted molar refractivity (Wildman–Crippen MR) is 117 cm³/mol. The maximum atomic E-state index is 13.1. The molecule has 2 aromatic carbocycles. The lowest BCUT2D eigenvalue weighted by atomic mass is 10.0. The zero-order chi connectivity index (χ0) is 22.6. The minimum Gasteiger partial charge on any atom is -0.369 e. The first-order valence-electron chi connectivity index (χ1n) is 10.7. The second-order valence-corrected chi connectivity index (χ2v) is 8.52. The minimum absolute atomic E-state index is 0.103. The summed E-state index contributed by atoms with van der Waals surface area (Å²) in [5, 5.41) is 5.63. The van der Waals surface area contributed by atoms with Crippen molar-refractivity contribution >= 4 is 29.3 Å². The van der Waals surface area contributed by atoms with Gasteiger partial charge in [0.15, 0.2) is 0 Å². The second kappa shape index (κ2) is 7.56. The monoisotopic (exact) mass is 432 g/mol. The molecule has 0 spiro atoms. The third kappa shape index (κ3) is 3.02. The Labute approximate surface area is 185 Å². The Morgan fingerprint density at radius 1 is 1.03 bits per heavy atom.